The van der Waals surface area contributed by atoms with Crippen molar-refractivity contribution in [1.82, 2.24) is 39.8 Å². The highest BCUT2D eigenvalue weighted by Gasteiger charge is 2.51. The molecule has 3 aromatic heterocycles. The average molecular weight is 1310 g/mol. The van der Waals surface area contributed by atoms with E-state index in [1.54, 1.807) is 57.2 Å². The molecular weight excluding hydrogens is 1230 g/mol. The third-order valence-electron chi connectivity index (χ3n) is 15.6. The number of sulfone groups is 1. The summed E-state index contributed by atoms with van der Waals surface area (Å²) in [5.41, 5.74) is 6.54. The van der Waals surface area contributed by atoms with Gasteiger partial charge in [-0.15, -0.1) is 0 Å². The summed E-state index contributed by atoms with van der Waals surface area (Å²) in [6.45, 7) is 12.1. The first-order chi connectivity index (χ1) is 43.4. The van der Waals surface area contributed by atoms with Gasteiger partial charge < -0.3 is 55.3 Å². The van der Waals surface area contributed by atoms with E-state index in [2.05, 4.69) is 31.2 Å². The fraction of sp³-hybridized carbons (Fsp3) is 0.500. The van der Waals surface area contributed by atoms with Gasteiger partial charge in [-0.2, -0.15) is 4.31 Å². The van der Waals surface area contributed by atoms with Crippen LogP contribution in [0, 0.1) is 0 Å². The number of hydrogen-bond acceptors (Lipinski definition) is 20. The Bertz CT molecular complexity index is 3840. The van der Waals surface area contributed by atoms with Crippen molar-refractivity contribution in [3.8, 4) is 11.4 Å². The van der Waals surface area contributed by atoms with E-state index < -0.39 is 91.3 Å². The Balaban J connectivity index is 0.860. The van der Waals surface area contributed by atoms with Crippen LogP contribution in [0.3, 0.4) is 0 Å². The second kappa shape index (κ2) is 31.1. The molecule has 498 valence electrons. The van der Waals surface area contributed by atoms with Gasteiger partial charge in [0, 0.05) is 84.1 Å². The number of ether oxygens (including phenoxy) is 5. The topological polar surface area (TPSA) is 355 Å². The molecule has 4 amide bonds. The van der Waals surface area contributed by atoms with Crippen molar-refractivity contribution in [3.05, 3.63) is 117 Å². The molecule has 92 heavy (non-hydrogen) atoms. The Morgan fingerprint density at radius 1 is 0.913 bits per heavy atom. The van der Waals surface area contributed by atoms with Crippen LogP contribution in [0.4, 0.5) is 10.5 Å². The highest BCUT2D eigenvalue weighted by Crippen LogP contribution is 2.42. The number of pyridine rings is 2. The zero-order valence-corrected chi connectivity index (χ0v) is 55.2. The van der Waals surface area contributed by atoms with Gasteiger partial charge in [-0.05, 0) is 135 Å². The van der Waals surface area contributed by atoms with E-state index >= 15 is 0 Å². The molecule has 0 saturated carbocycles. The first-order valence-corrected chi connectivity index (χ1v) is 34.2. The van der Waals surface area contributed by atoms with Crippen molar-refractivity contribution in [2.45, 2.75) is 160 Å². The Morgan fingerprint density at radius 2 is 1.62 bits per heavy atom. The van der Waals surface area contributed by atoms with Crippen LogP contribution in [-0.2, 0) is 99.3 Å². The molecule has 0 saturated heterocycles. The number of aromatic nitrogens is 4. The van der Waals surface area contributed by atoms with E-state index in [0.717, 1.165) is 22.8 Å². The number of carbonyl (C=O) groups excluding carboxylic acids is 6. The molecule has 5 aromatic rings. The smallest absolute Gasteiger partial charge is 0.457 e. The van der Waals surface area contributed by atoms with Gasteiger partial charge in [0.1, 0.15) is 32.5 Å². The highest BCUT2D eigenvalue weighted by molar-refractivity contribution is 7.90. The Hall–Kier alpha value is -8.02. The number of amides is 4. The molecule has 7 rings (SSSR count). The van der Waals surface area contributed by atoms with Gasteiger partial charge in [-0.3, -0.25) is 24.0 Å². The molecule has 0 aliphatic carbocycles. The third-order valence-corrected chi connectivity index (χ3v) is 18.0. The summed E-state index contributed by atoms with van der Waals surface area (Å²) >= 11 is 0. The molecule has 2 aromatic carbocycles. The number of hydrogen-bond donors (Lipinski definition) is 5. The number of anilines is 1. The second-order valence-corrected chi connectivity index (χ2v) is 28.2. The lowest BCUT2D eigenvalue weighted by atomic mass is 9.85. The van der Waals surface area contributed by atoms with Crippen molar-refractivity contribution in [2.75, 3.05) is 57.3 Å². The van der Waals surface area contributed by atoms with Gasteiger partial charge in [0.05, 0.1) is 40.9 Å². The monoisotopic (exact) mass is 1310 g/mol. The lowest BCUT2D eigenvalue weighted by Crippen LogP contribution is -2.48. The molecule has 2 atom stereocenters. The fourth-order valence-corrected chi connectivity index (χ4v) is 12.4. The molecule has 0 radical (unpaired) electrons. The quantitative estimate of drug-likeness (QED) is 0.0193. The minimum atomic E-state index is -3.54. The fourth-order valence-electron chi connectivity index (χ4n) is 10.8. The predicted octanol–water partition coefficient (Wildman–Crippen LogP) is 5.50. The number of cyclic esters (lactones) is 1. The summed E-state index contributed by atoms with van der Waals surface area (Å²) in [6, 6.07) is 14.1. The zero-order chi connectivity index (χ0) is 67.2. The molecule has 2 aliphatic rings. The van der Waals surface area contributed by atoms with Gasteiger partial charge in [-0.1, -0.05) is 49.4 Å². The minimum Gasteiger partial charge on any atom is -0.457 e. The lowest BCUT2D eigenvalue weighted by molar-refractivity contribution is -0.175. The number of nitrogens with zero attached hydrogens (tertiary/aromatic N) is 5. The second-order valence-electron chi connectivity index (χ2n) is 24.4. The number of allylic oxidation sites excluding steroid dienone is 1. The van der Waals surface area contributed by atoms with Gasteiger partial charge >= 0.3 is 12.1 Å². The molecule has 0 unspecified atom stereocenters. The number of carbonyl (C=O) groups is 6. The van der Waals surface area contributed by atoms with Crippen LogP contribution in [0.1, 0.15) is 133 Å². The van der Waals surface area contributed by atoms with Crippen LogP contribution in [0.25, 0.3) is 28.4 Å². The normalized spacial score (nSPS) is 15.2. The first-order valence-electron chi connectivity index (χ1n) is 30.5. The molecule has 26 nitrogen and oxygen atoms in total. The summed E-state index contributed by atoms with van der Waals surface area (Å²) < 4.78 is 80.0. The zero-order valence-electron chi connectivity index (χ0n) is 53.6. The third kappa shape index (κ3) is 19.1. The first kappa shape index (κ1) is 71.4. The van der Waals surface area contributed by atoms with Crippen molar-refractivity contribution >= 4 is 78.3 Å². The van der Waals surface area contributed by atoms with E-state index in [0.29, 0.717) is 78.8 Å². The van der Waals surface area contributed by atoms with E-state index in [-0.39, 0.29) is 86.9 Å². The summed E-state index contributed by atoms with van der Waals surface area (Å²) in [5.74, 6) is -2.68. The number of nitrogens with two attached hydrogens (primary N) is 1. The Labute approximate surface area is 536 Å². The molecule has 2 aliphatic heterocycles. The number of para-hydroxylation sites is 1. The number of fused-ring (bicyclic) bond motifs is 5. The molecular formula is C64H84N10O16S2. The molecule has 28 heteroatoms. The van der Waals surface area contributed by atoms with Crippen LogP contribution in [0.15, 0.2) is 83.0 Å². The van der Waals surface area contributed by atoms with Crippen molar-refractivity contribution in [2.24, 2.45) is 5.73 Å². The molecule has 0 bridgehead atoms. The molecule has 5 heterocycles. The largest absolute Gasteiger partial charge is 0.510 e. The summed E-state index contributed by atoms with van der Waals surface area (Å²) in [5, 5.41) is 11.8. The van der Waals surface area contributed by atoms with Gasteiger partial charge in [0.2, 0.25) is 54.2 Å². The SMILES string of the molecule is CC[C@@]1(OC(=O)OCc2ccc(NC(=O)[C@H](CCCCN)NC(=O)COCC(=O)NC(C)(C)CCOC(C)(C)CNC(=O)CCC/C=C\c3cnc(S(C)(=O)=O)nc3)cc2)C(=O)OCc2c1cc1n(c2=O)Cc2c-1nc1ccccc1c2CCN(C(C)C)S(C)(=O)=O. The maximum absolute atomic E-state index is 14.4. The highest BCUT2D eigenvalue weighted by atomic mass is 32.2. The number of unbranched alkanes of at least 4 members (excludes halogenated alkanes) is 2. The van der Waals surface area contributed by atoms with E-state index in [1.165, 1.54) is 27.5 Å². The van der Waals surface area contributed by atoms with Crippen LogP contribution in [0.2, 0.25) is 0 Å². The van der Waals surface area contributed by atoms with E-state index in [1.807, 2.05) is 58.0 Å². The number of sulfonamides is 1. The minimum absolute atomic E-state index is 0.119. The van der Waals surface area contributed by atoms with Gasteiger partial charge in [-0.25, -0.2) is 41.4 Å². The number of rotatable bonds is 33. The summed E-state index contributed by atoms with van der Waals surface area (Å²) in [7, 11) is -7.03. The van der Waals surface area contributed by atoms with Crippen molar-refractivity contribution in [3.63, 3.8) is 0 Å². The lowest BCUT2D eigenvalue weighted by Gasteiger charge is -2.35. The standard InChI is InChI=1S/C64H84N10O16S2/c1-10-64(49-32-52-56-47(35-73(52)58(79)48(49)37-87-59(64)80)45(46-19-14-15-20-50(46)71-56)27-30-74(41(2)3)92(9,84)85)90-61(81)88-36-42-23-25-44(26-24-42)69-57(78)51(21-16-17-29-65)70-54(76)38-86-39-55(77)72-62(4,5)28-31-89-63(6,7)40-68-53(75)22-13-11-12-18-43-33-66-60(67-34-43)91(8,82)83/h12,14-15,18-20,23-26,32-34,41,51H,10-11,13,16-17,21-22,27-31,35-40,65H2,1-9H3,(H,68,75)(H,69,78)(H,70,76)(H,72,77)/b18-12-/t51-,64-/m0/s1. The van der Waals surface area contributed by atoms with Crippen LogP contribution < -0.4 is 32.6 Å². The van der Waals surface area contributed by atoms with E-state index in [4.69, 9.17) is 34.4 Å². The van der Waals surface area contributed by atoms with Gasteiger partial charge in [0.15, 0.2) is 0 Å². The maximum atomic E-state index is 14.4. The number of benzene rings is 2. The molecule has 0 spiro atoms. The van der Waals surface area contributed by atoms with Crippen molar-refractivity contribution in [1.29, 1.82) is 0 Å². The maximum Gasteiger partial charge on any atom is 0.510 e. The van der Waals surface area contributed by atoms with Gasteiger partial charge in [0.25, 0.3) is 5.56 Å². The van der Waals surface area contributed by atoms with Crippen LogP contribution in [-0.4, -0.2) is 152 Å². The summed E-state index contributed by atoms with van der Waals surface area (Å²) in [4.78, 5) is 107. The summed E-state index contributed by atoms with van der Waals surface area (Å²) in [6.07, 6.45) is 10.9. The Kier molecular flexibility index (Phi) is 24.1. The number of esters is 1. The van der Waals surface area contributed by atoms with Crippen LogP contribution >= 0.6 is 0 Å². The average Bonchev–Trinajstić information content (AvgIpc) is 1.47. The molecule has 6 N–H and O–H groups in total. The van der Waals surface area contributed by atoms with E-state index in [9.17, 15) is 50.4 Å². The Morgan fingerprint density at radius 3 is 2.29 bits per heavy atom. The van der Waals surface area contributed by atoms with Crippen LogP contribution in [0.5, 0.6) is 0 Å². The molecule has 0 fully saturated rings. The van der Waals surface area contributed by atoms with Crippen molar-refractivity contribution < 1.29 is 69.3 Å². The number of nitrogens with one attached hydrogen (secondary N) is 4. The predicted molar refractivity (Wildman–Crippen MR) is 343 cm³/mol.